The number of amides is 1. The van der Waals surface area contributed by atoms with Crippen molar-refractivity contribution in [3.63, 3.8) is 0 Å². The van der Waals surface area contributed by atoms with Crippen LogP contribution in [0.3, 0.4) is 0 Å². The third-order valence-electron chi connectivity index (χ3n) is 4.64. The molecule has 132 valence electrons. The maximum atomic E-state index is 12.5. The van der Waals surface area contributed by atoms with Gasteiger partial charge in [0.2, 0.25) is 5.91 Å². The Labute approximate surface area is 147 Å². The SMILES string of the molecule is CC(=O)c1c(C)nn(CC(=O)N(C)CC2Cc3ccccc3O2)c1C. The van der Waals surface area contributed by atoms with E-state index in [9.17, 15) is 9.59 Å². The molecule has 0 fully saturated rings. The number of rotatable bonds is 5. The van der Waals surface area contributed by atoms with Gasteiger partial charge in [0, 0.05) is 19.2 Å². The average molecular weight is 341 g/mol. The molecule has 3 rings (SSSR count). The van der Waals surface area contributed by atoms with E-state index in [0.717, 1.165) is 17.9 Å². The molecule has 0 N–H and O–H groups in total. The highest BCUT2D eigenvalue weighted by atomic mass is 16.5. The zero-order valence-corrected chi connectivity index (χ0v) is 15.1. The second kappa shape index (κ2) is 6.70. The molecule has 1 amide bonds. The fourth-order valence-corrected chi connectivity index (χ4v) is 3.37. The minimum absolute atomic E-state index is 0.0282. The highest BCUT2D eigenvalue weighted by Gasteiger charge is 2.25. The van der Waals surface area contributed by atoms with Crippen molar-refractivity contribution in [1.82, 2.24) is 14.7 Å². The number of para-hydroxylation sites is 1. The first kappa shape index (κ1) is 17.2. The lowest BCUT2D eigenvalue weighted by Crippen LogP contribution is -2.38. The number of aryl methyl sites for hydroxylation is 1. The number of carbonyl (C=O) groups excluding carboxylic acids is 2. The van der Waals surface area contributed by atoms with E-state index in [1.165, 1.54) is 12.5 Å². The van der Waals surface area contributed by atoms with Gasteiger partial charge in [0.15, 0.2) is 5.78 Å². The summed E-state index contributed by atoms with van der Waals surface area (Å²) >= 11 is 0. The van der Waals surface area contributed by atoms with E-state index in [-0.39, 0.29) is 24.3 Å². The molecule has 25 heavy (non-hydrogen) atoms. The highest BCUT2D eigenvalue weighted by Crippen LogP contribution is 2.28. The Bertz CT molecular complexity index is 800. The molecule has 2 aromatic rings. The van der Waals surface area contributed by atoms with Gasteiger partial charge in [-0.15, -0.1) is 0 Å². The summed E-state index contributed by atoms with van der Waals surface area (Å²) in [5.74, 6) is 0.817. The Morgan fingerprint density at radius 2 is 2.04 bits per heavy atom. The third kappa shape index (κ3) is 3.43. The van der Waals surface area contributed by atoms with Gasteiger partial charge in [0.25, 0.3) is 0 Å². The second-order valence-electron chi connectivity index (χ2n) is 6.59. The number of fused-ring (bicyclic) bond motifs is 1. The fourth-order valence-electron chi connectivity index (χ4n) is 3.37. The van der Waals surface area contributed by atoms with Crippen LogP contribution in [-0.4, -0.2) is 46.1 Å². The Kier molecular flexibility index (Phi) is 4.61. The van der Waals surface area contributed by atoms with Crippen molar-refractivity contribution in [2.24, 2.45) is 0 Å². The molecule has 2 heterocycles. The van der Waals surface area contributed by atoms with Crippen LogP contribution in [0.1, 0.15) is 34.2 Å². The van der Waals surface area contributed by atoms with Crippen LogP contribution in [0, 0.1) is 13.8 Å². The van der Waals surface area contributed by atoms with Gasteiger partial charge in [-0.2, -0.15) is 5.10 Å². The van der Waals surface area contributed by atoms with Gasteiger partial charge < -0.3 is 9.64 Å². The monoisotopic (exact) mass is 341 g/mol. The summed E-state index contributed by atoms with van der Waals surface area (Å²) in [5, 5.41) is 4.34. The number of hydrogen-bond donors (Lipinski definition) is 0. The molecule has 1 atom stereocenters. The van der Waals surface area contributed by atoms with E-state index in [2.05, 4.69) is 11.2 Å². The third-order valence-corrected chi connectivity index (χ3v) is 4.64. The summed E-state index contributed by atoms with van der Waals surface area (Å²) in [5.41, 5.74) is 3.18. The second-order valence-corrected chi connectivity index (χ2v) is 6.59. The van der Waals surface area contributed by atoms with Gasteiger partial charge in [0.1, 0.15) is 18.4 Å². The number of aromatic nitrogens is 2. The topological polar surface area (TPSA) is 64.4 Å². The molecule has 0 radical (unpaired) electrons. The molecule has 0 bridgehead atoms. The number of carbonyl (C=O) groups is 2. The molecule has 1 aromatic carbocycles. The first-order valence-electron chi connectivity index (χ1n) is 8.40. The lowest BCUT2D eigenvalue weighted by Gasteiger charge is -2.21. The Morgan fingerprint density at radius 1 is 1.32 bits per heavy atom. The summed E-state index contributed by atoms with van der Waals surface area (Å²) in [7, 11) is 1.77. The summed E-state index contributed by atoms with van der Waals surface area (Å²) < 4.78 is 7.50. The quantitative estimate of drug-likeness (QED) is 0.782. The van der Waals surface area contributed by atoms with E-state index in [1.54, 1.807) is 23.6 Å². The van der Waals surface area contributed by atoms with Crippen LogP contribution in [0.4, 0.5) is 0 Å². The lowest BCUT2D eigenvalue weighted by atomic mass is 10.1. The van der Waals surface area contributed by atoms with Crippen molar-refractivity contribution < 1.29 is 14.3 Å². The molecule has 0 saturated heterocycles. The van der Waals surface area contributed by atoms with Crippen LogP contribution in [0.25, 0.3) is 0 Å². The van der Waals surface area contributed by atoms with Gasteiger partial charge >= 0.3 is 0 Å². The lowest BCUT2D eigenvalue weighted by molar-refractivity contribution is -0.131. The van der Waals surface area contributed by atoms with Crippen LogP contribution in [-0.2, 0) is 17.8 Å². The normalized spacial score (nSPS) is 15.6. The Hall–Kier alpha value is -2.63. The predicted octanol–water partition coefficient (Wildman–Crippen LogP) is 2.16. The van der Waals surface area contributed by atoms with Crippen molar-refractivity contribution in [3.8, 4) is 5.75 Å². The first-order chi connectivity index (χ1) is 11.9. The van der Waals surface area contributed by atoms with Crippen LogP contribution in [0.5, 0.6) is 5.75 Å². The molecule has 1 aliphatic rings. The molecular weight excluding hydrogens is 318 g/mol. The standard InChI is InChI=1S/C19H23N3O3/c1-12-19(14(3)23)13(2)22(20-12)11-18(24)21(4)10-16-9-15-7-5-6-8-17(15)25-16/h5-8,16H,9-11H2,1-4H3. The molecule has 6 heteroatoms. The Morgan fingerprint density at radius 3 is 2.68 bits per heavy atom. The zero-order valence-electron chi connectivity index (χ0n) is 15.1. The van der Waals surface area contributed by atoms with E-state index in [1.807, 2.05) is 25.1 Å². The first-order valence-corrected chi connectivity index (χ1v) is 8.40. The van der Waals surface area contributed by atoms with Crippen molar-refractivity contribution in [2.75, 3.05) is 13.6 Å². The van der Waals surface area contributed by atoms with E-state index < -0.39 is 0 Å². The molecule has 1 unspecified atom stereocenters. The zero-order chi connectivity index (χ0) is 18.1. The highest BCUT2D eigenvalue weighted by molar-refractivity contribution is 5.96. The number of nitrogens with zero attached hydrogens (tertiary/aromatic N) is 3. The van der Waals surface area contributed by atoms with Gasteiger partial charge in [-0.3, -0.25) is 14.3 Å². The van der Waals surface area contributed by atoms with Crippen LogP contribution in [0.2, 0.25) is 0 Å². The van der Waals surface area contributed by atoms with E-state index in [4.69, 9.17) is 4.74 Å². The minimum Gasteiger partial charge on any atom is -0.488 e. The summed E-state index contributed by atoms with van der Waals surface area (Å²) in [6.45, 7) is 5.77. The van der Waals surface area contributed by atoms with Crippen LogP contribution < -0.4 is 4.74 Å². The largest absolute Gasteiger partial charge is 0.488 e. The number of ether oxygens (including phenoxy) is 1. The minimum atomic E-state index is -0.0553. The molecule has 0 spiro atoms. The predicted molar refractivity (Wildman–Crippen MR) is 93.9 cm³/mol. The molecule has 1 aromatic heterocycles. The molecule has 6 nitrogen and oxygen atoms in total. The maximum absolute atomic E-state index is 12.5. The van der Waals surface area contributed by atoms with E-state index in [0.29, 0.717) is 17.8 Å². The molecule has 1 aliphatic heterocycles. The van der Waals surface area contributed by atoms with Crippen LogP contribution >= 0.6 is 0 Å². The molecular formula is C19H23N3O3. The van der Waals surface area contributed by atoms with Crippen molar-refractivity contribution >= 4 is 11.7 Å². The van der Waals surface area contributed by atoms with E-state index >= 15 is 0 Å². The van der Waals surface area contributed by atoms with Crippen molar-refractivity contribution in [3.05, 3.63) is 46.8 Å². The number of Topliss-reactive ketones (excluding diaryl/α,β-unsaturated/α-hetero) is 1. The van der Waals surface area contributed by atoms with Crippen molar-refractivity contribution in [2.45, 2.75) is 39.8 Å². The maximum Gasteiger partial charge on any atom is 0.244 e. The summed E-state index contributed by atoms with van der Waals surface area (Å²) in [6, 6.07) is 7.95. The summed E-state index contributed by atoms with van der Waals surface area (Å²) in [6.07, 6.45) is 0.780. The number of benzene rings is 1. The fraction of sp³-hybridized carbons (Fsp3) is 0.421. The molecule has 0 aliphatic carbocycles. The van der Waals surface area contributed by atoms with Crippen molar-refractivity contribution in [1.29, 1.82) is 0 Å². The van der Waals surface area contributed by atoms with Gasteiger partial charge in [0.05, 0.1) is 17.8 Å². The molecule has 0 saturated carbocycles. The average Bonchev–Trinajstić information content (AvgIpc) is 3.07. The number of ketones is 1. The van der Waals surface area contributed by atoms with Gasteiger partial charge in [-0.25, -0.2) is 0 Å². The van der Waals surface area contributed by atoms with Crippen LogP contribution in [0.15, 0.2) is 24.3 Å². The number of hydrogen-bond acceptors (Lipinski definition) is 4. The summed E-state index contributed by atoms with van der Waals surface area (Å²) in [4.78, 5) is 25.9. The Balaban J connectivity index is 1.63. The van der Waals surface area contributed by atoms with Gasteiger partial charge in [-0.1, -0.05) is 18.2 Å². The smallest absolute Gasteiger partial charge is 0.244 e. The number of likely N-dealkylation sites (N-methyl/N-ethyl adjacent to an activating group) is 1. The van der Waals surface area contributed by atoms with Gasteiger partial charge in [-0.05, 0) is 32.4 Å².